The Morgan fingerprint density at radius 2 is 1.92 bits per heavy atom. The van der Waals surface area contributed by atoms with Gasteiger partial charge in [-0.3, -0.25) is 4.79 Å². The van der Waals surface area contributed by atoms with E-state index in [1.165, 1.54) is 0 Å². The number of nitrogens with two attached hydrogens (primary N) is 1. The number of hydrogen-bond donors (Lipinski definition) is 1. The van der Waals surface area contributed by atoms with E-state index < -0.39 is 6.04 Å². The number of esters is 1. The molecule has 13 heavy (non-hydrogen) atoms. The molecule has 2 N–H and O–H groups in total. The predicted molar refractivity (Wildman–Crippen MR) is 50.2 cm³/mol. The maximum absolute atomic E-state index is 11.3. The van der Waals surface area contributed by atoms with Crippen LogP contribution >= 0.6 is 0 Å². The lowest BCUT2D eigenvalue weighted by Gasteiger charge is -2.18. The molecule has 0 unspecified atom stereocenters. The molecule has 0 aromatic rings. The molecule has 0 rings (SSSR count). The van der Waals surface area contributed by atoms with Gasteiger partial charge in [-0.05, 0) is 12.8 Å². The van der Waals surface area contributed by atoms with Crippen molar-refractivity contribution in [3.05, 3.63) is 0 Å². The molecule has 0 aliphatic heterocycles. The second-order valence-corrected chi connectivity index (χ2v) is 3.47. The van der Waals surface area contributed by atoms with Crippen molar-refractivity contribution in [3.8, 4) is 0 Å². The molecule has 0 saturated heterocycles. The second kappa shape index (κ2) is 5.94. The summed E-state index contributed by atoms with van der Waals surface area (Å²) in [5.41, 5.74) is 5.59. The summed E-state index contributed by atoms with van der Waals surface area (Å²) >= 11 is 0. The molecule has 2 atom stereocenters. The summed E-state index contributed by atoms with van der Waals surface area (Å²) in [5, 5.41) is 0. The van der Waals surface area contributed by atoms with Gasteiger partial charge in [-0.1, -0.05) is 13.8 Å². The molecule has 0 aromatic carbocycles. The Morgan fingerprint density at radius 1 is 1.38 bits per heavy atom. The van der Waals surface area contributed by atoms with Crippen molar-refractivity contribution in [2.24, 2.45) is 11.7 Å². The molecule has 0 aliphatic carbocycles. The lowest BCUT2D eigenvalue weighted by atomic mass is 10.1. The van der Waals surface area contributed by atoms with Crippen molar-refractivity contribution in [1.82, 2.24) is 0 Å². The van der Waals surface area contributed by atoms with Crippen LogP contribution in [0.25, 0.3) is 0 Å². The van der Waals surface area contributed by atoms with Gasteiger partial charge in [0, 0.05) is 7.11 Å². The Kier molecular flexibility index (Phi) is 5.66. The highest BCUT2D eigenvalue weighted by Crippen LogP contribution is 2.02. The summed E-state index contributed by atoms with van der Waals surface area (Å²) in [6.07, 6.45) is -0.234. The monoisotopic (exact) mass is 189 g/mol. The normalized spacial score (nSPS) is 15.5. The Hall–Kier alpha value is -0.610. The van der Waals surface area contributed by atoms with Gasteiger partial charge in [0.25, 0.3) is 0 Å². The van der Waals surface area contributed by atoms with Crippen LogP contribution in [0.3, 0.4) is 0 Å². The Morgan fingerprint density at radius 3 is 2.31 bits per heavy atom. The summed E-state index contributed by atoms with van der Waals surface area (Å²) in [5.74, 6) is -0.262. The topological polar surface area (TPSA) is 61.5 Å². The van der Waals surface area contributed by atoms with Gasteiger partial charge in [0.15, 0.2) is 0 Å². The lowest BCUT2D eigenvalue weighted by Crippen LogP contribution is -2.39. The van der Waals surface area contributed by atoms with E-state index in [9.17, 15) is 4.79 Å². The largest absolute Gasteiger partial charge is 0.459 e. The van der Waals surface area contributed by atoms with Crippen LogP contribution in [-0.2, 0) is 14.3 Å². The summed E-state index contributed by atoms with van der Waals surface area (Å²) in [7, 11) is 1.56. The highest BCUT2D eigenvalue weighted by atomic mass is 16.6. The minimum Gasteiger partial charge on any atom is -0.459 e. The number of rotatable bonds is 5. The fraction of sp³-hybridized carbons (Fsp3) is 0.889. The predicted octanol–water partition coefficient (Wildman–Crippen LogP) is 0.548. The summed E-state index contributed by atoms with van der Waals surface area (Å²) in [6.45, 7) is 5.94. The van der Waals surface area contributed by atoms with Gasteiger partial charge < -0.3 is 15.2 Å². The molecule has 0 heterocycles. The maximum Gasteiger partial charge on any atom is 0.323 e. The van der Waals surface area contributed by atoms with Crippen molar-refractivity contribution >= 4 is 5.97 Å². The SMILES string of the molecule is COC[C@H](C)OC(=O)[C@H](N)C(C)C. The standard InChI is InChI=1S/C9H19NO3/c1-6(2)8(10)9(11)13-7(3)5-12-4/h6-8H,5,10H2,1-4H3/t7-,8+/m0/s1. The maximum atomic E-state index is 11.3. The van der Waals surface area contributed by atoms with Crippen LogP contribution in [-0.4, -0.2) is 31.8 Å². The highest BCUT2D eigenvalue weighted by Gasteiger charge is 2.20. The van der Waals surface area contributed by atoms with Crippen molar-refractivity contribution in [3.63, 3.8) is 0 Å². The molecule has 0 radical (unpaired) electrons. The first-order valence-electron chi connectivity index (χ1n) is 4.44. The zero-order chi connectivity index (χ0) is 10.4. The zero-order valence-corrected chi connectivity index (χ0v) is 8.74. The average Bonchev–Trinajstić information content (AvgIpc) is 2.03. The van der Waals surface area contributed by atoms with Gasteiger partial charge in [0.05, 0.1) is 6.61 Å². The Labute approximate surface area is 79.4 Å². The molecule has 0 aromatic heterocycles. The number of methoxy groups -OCH3 is 1. The van der Waals surface area contributed by atoms with Gasteiger partial charge in [0.1, 0.15) is 12.1 Å². The molecule has 0 amide bonds. The number of carbonyl (C=O) groups is 1. The van der Waals surface area contributed by atoms with Crippen molar-refractivity contribution in [2.75, 3.05) is 13.7 Å². The van der Waals surface area contributed by atoms with Crippen LogP contribution < -0.4 is 5.73 Å². The molecular formula is C9H19NO3. The fourth-order valence-corrected chi connectivity index (χ4v) is 0.818. The van der Waals surface area contributed by atoms with Crippen molar-refractivity contribution < 1.29 is 14.3 Å². The smallest absolute Gasteiger partial charge is 0.323 e. The first kappa shape index (κ1) is 12.4. The third kappa shape index (κ3) is 4.85. The fourth-order valence-electron chi connectivity index (χ4n) is 0.818. The third-order valence-electron chi connectivity index (χ3n) is 1.71. The van der Waals surface area contributed by atoms with Gasteiger partial charge in [-0.15, -0.1) is 0 Å². The van der Waals surface area contributed by atoms with Crippen LogP contribution in [0.5, 0.6) is 0 Å². The number of hydrogen-bond acceptors (Lipinski definition) is 4. The number of ether oxygens (including phenoxy) is 2. The Bertz CT molecular complexity index is 159. The zero-order valence-electron chi connectivity index (χ0n) is 8.74. The van der Waals surface area contributed by atoms with Crippen LogP contribution in [0.1, 0.15) is 20.8 Å². The molecular weight excluding hydrogens is 170 g/mol. The molecule has 0 bridgehead atoms. The van der Waals surface area contributed by atoms with E-state index in [-0.39, 0.29) is 18.0 Å². The molecule has 4 nitrogen and oxygen atoms in total. The molecule has 0 fully saturated rings. The van der Waals surface area contributed by atoms with Gasteiger partial charge in [0.2, 0.25) is 0 Å². The minimum atomic E-state index is -0.542. The molecule has 0 aliphatic rings. The van der Waals surface area contributed by atoms with Gasteiger partial charge in [-0.2, -0.15) is 0 Å². The van der Waals surface area contributed by atoms with Crippen LogP contribution in [0.4, 0.5) is 0 Å². The van der Waals surface area contributed by atoms with Crippen LogP contribution in [0.2, 0.25) is 0 Å². The summed E-state index contributed by atoms with van der Waals surface area (Å²) < 4.78 is 9.85. The van der Waals surface area contributed by atoms with E-state index in [1.807, 2.05) is 13.8 Å². The molecule has 0 spiro atoms. The molecule has 78 valence electrons. The quantitative estimate of drug-likeness (QED) is 0.641. The first-order valence-corrected chi connectivity index (χ1v) is 4.44. The van der Waals surface area contributed by atoms with Crippen molar-refractivity contribution in [2.45, 2.75) is 32.9 Å². The minimum absolute atomic E-state index is 0.0993. The molecule has 0 saturated carbocycles. The van der Waals surface area contributed by atoms with E-state index in [1.54, 1.807) is 14.0 Å². The van der Waals surface area contributed by atoms with Crippen LogP contribution in [0.15, 0.2) is 0 Å². The van der Waals surface area contributed by atoms with Gasteiger partial charge in [-0.25, -0.2) is 0 Å². The molecule has 4 heteroatoms. The third-order valence-corrected chi connectivity index (χ3v) is 1.71. The van der Waals surface area contributed by atoms with E-state index in [2.05, 4.69) is 0 Å². The van der Waals surface area contributed by atoms with E-state index in [4.69, 9.17) is 15.2 Å². The van der Waals surface area contributed by atoms with E-state index in [0.717, 1.165) is 0 Å². The highest BCUT2D eigenvalue weighted by molar-refractivity contribution is 5.75. The summed E-state index contributed by atoms with van der Waals surface area (Å²) in [6, 6.07) is -0.542. The number of carbonyl (C=O) groups excluding carboxylic acids is 1. The first-order chi connectivity index (χ1) is 5.99. The van der Waals surface area contributed by atoms with E-state index in [0.29, 0.717) is 6.61 Å². The van der Waals surface area contributed by atoms with Gasteiger partial charge >= 0.3 is 5.97 Å². The van der Waals surface area contributed by atoms with Crippen molar-refractivity contribution in [1.29, 1.82) is 0 Å². The second-order valence-electron chi connectivity index (χ2n) is 3.47. The lowest BCUT2D eigenvalue weighted by molar-refractivity contribution is -0.153. The summed E-state index contributed by atoms with van der Waals surface area (Å²) in [4.78, 5) is 11.3. The van der Waals surface area contributed by atoms with Crippen LogP contribution in [0, 0.1) is 5.92 Å². The Balaban J connectivity index is 3.85. The van der Waals surface area contributed by atoms with E-state index >= 15 is 0 Å². The average molecular weight is 189 g/mol.